The molecule has 0 unspecified atom stereocenters. The number of carbonyl (C=O) groups is 1. The second-order valence-electron chi connectivity index (χ2n) is 8.89. The SMILES string of the molecule is CCCc1nc2ccc(N3CCCCC3=O)cc2n1Cc1ccc(-c2ccccc2C#N)cc1. The Morgan fingerprint density at radius 2 is 1.85 bits per heavy atom. The summed E-state index contributed by atoms with van der Waals surface area (Å²) in [6.07, 6.45) is 4.57. The van der Waals surface area contributed by atoms with Crippen molar-refractivity contribution >= 4 is 22.6 Å². The summed E-state index contributed by atoms with van der Waals surface area (Å²) in [6.45, 7) is 3.66. The van der Waals surface area contributed by atoms with E-state index in [4.69, 9.17) is 4.98 Å². The Bertz CT molecular complexity index is 1380. The Hall–Kier alpha value is -3.91. The van der Waals surface area contributed by atoms with E-state index in [0.717, 1.165) is 65.9 Å². The number of benzene rings is 3. The molecule has 170 valence electrons. The molecule has 0 aliphatic carbocycles. The van der Waals surface area contributed by atoms with Gasteiger partial charge in [-0.1, -0.05) is 49.4 Å². The van der Waals surface area contributed by atoms with Gasteiger partial charge in [-0.2, -0.15) is 5.26 Å². The Morgan fingerprint density at radius 1 is 1.03 bits per heavy atom. The second kappa shape index (κ2) is 9.52. The molecule has 0 spiro atoms. The molecule has 1 aromatic heterocycles. The summed E-state index contributed by atoms with van der Waals surface area (Å²) in [7, 11) is 0. The normalized spacial score (nSPS) is 13.9. The van der Waals surface area contributed by atoms with Gasteiger partial charge in [0.2, 0.25) is 5.91 Å². The van der Waals surface area contributed by atoms with Crippen molar-refractivity contribution in [2.24, 2.45) is 0 Å². The molecule has 0 N–H and O–H groups in total. The summed E-state index contributed by atoms with van der Waals surface area (Å²) >= 11 is 0. The van der Waals surface area contributed by atoms with Crippen LogP contribution in [0, 0.1) is 11.3 Å². The molecule has 2 heterocycles. The zero-order valence-electron chi connectivity index (χ0n) is 19.5. The number of aromatic nitrogens is 2. The first-order chi connectivity index (χ1) is 16.7. The lowest BCUT2D eigenvalue weighted by molar-refractivity contribution is -0.119. The highest BCUT2D eigenvalue weighted by molar-refractivity contribution is 5.96. The molecule has 5 rings (SSSR count). The maximum absolute atomic E-state index is 12.5. The number of piperidine rings is 1. The Labute approximate surface area is 200 Å². The molecule has 0 bridgehead atoms. The van der Waals surface area contributed by atoms with Crippen LogP contribution in [0.5, 0.6) is 0 Å². The van der Waals surface area contributed by atoms with Gasteiger partial charge in [0.1, 0.15) is 5.82 Å². The predicted octanol–water partition coefficient (Wildman–Crippen LogP) is 6.09. The molecule has 3 aromatic carbocycles. The fraction of sp³-hybridized carbons (Fsp3) is 0.276. The van der Waals surface area contributed by atoms with Crippen LogP contribution in [0.2, 0.25) is 0 Å². The van der Waals surface area contributed by atoms with E-state index in [1.165, 1.54) is 5.56 Å². The van der Waals surface area contributed by atoms with Gasteiger partial charge in [0.15, 0.2) is 0 Å². The van der Waals surface area contributed by atoms with Gasteiger partial charge >= 0.3 is 0 Å². The number of rotatable bonds is 6. The molecule has 1 saturated heterocycles. The van der Waals surface area contributed by atoms with E-state index in [0.29, 0.717) is 18.5 Å². The van der Waals surface area contributed by atoms with Crippen molar-refractivity contribution in [1.29, 1.82) is 5.26 Å². The van der Waals surface area contributed by atoms with E-state index < -0.39 is 0 Å². The van der Waals surface area contributed by atoms with Gasteiger partial charge in [-0.15, -0.1) is 0 Å². The van der Waals surface area contributed by atoms with E-state index in [-0.39, 0.29) is 5.91 Å². The molecule has 1 aliphatic heterocycles. The minimum Gasteiger partial charge on any atom is -0.323 e. The van der Waals surface area contributed by atoms with Crippen LogP contribution in [-0.4, -0.2) is 22.0 Å². The number of fused-ring (bicyclic) bond motifs is 1. The number of hydrogen-bond donors (Lipinski definition) is 0. The van der Waals surface area contributed by atoms with Crippen molar-refractivity contribution in [3.8, 4) is 17.2 Å². The average molecular weight is 449 g/mol. The quantitative estimate of drug-likeness (QED) is 0.358. The van der Waals surface area contributed by atoms with Crippen LogP contribution >= 0.6 is 0 Å². The van der Waals surface area contributed by atoms with Gasteiger partial charge in [0.25, 0.3) is 0 Å². The highest BCUT2D eigenvalue weighted by Crippen LogP contribution is 2.28. The Balaban J connectivity index is 1.49. The average Bonchev–Trinajstić information content (AvgIpc) is 3.21. The van der Waals surface area contributed by atoms with E-state index in [2.05, 4.69) is 47.9 Å². The van der Waals surface area contributed by atoms with Crippen LogP contribution in [0.25, 0.3) is 22.2 Å². The van der Waals surface area contributed by atoms with Gasteiger partial charge in [0, 0.05) is 31.6 Å². The van der Waals surface area contributed by atoms with E-state index in [1.54, 1.807) is 0 Å². The van der Waals surface area contributed by atoms with Gasteiger partial charge < -0.3 is 9.47 Å². The van der Waals surface area contributed by atoms with Crippen LogP contribution in [0.1, 0.15) is 49.6 Å². The van der Waals surface area contributed by atoms with E-state index in [9.17, 15) is 10.1 Å². The third-order valence-corrected chi connectivity index (χ3v) is 6.57. The molecule has 1 fully saturated rings. The molecule has 0 atom stereocenters. The van der Waals surface area contributed by atoms with Crippen LogP contribution < -0.4 is 4.90 Å². The highest BCUT2D eigenvalue weighted by Gasteiger charge is 2.21. The van der Waals surface area contributed by atoms with Gasteiger partial charge in [-0.3, -0.25) is 4.79 Å². The molecule has 5 heteroatoms. The number of amides is 1. The van der Waals surface area contributed by atoms with E-state index >= 15 is 0 Å². The minimum atomic E-state index is 0.207. The summed E-state index contributed by atoms with van der Waals surface area (Å²) in [5, 5.41) is 9.44. The van der Waals surface area contributed by atoms with Crippen molar-refractivity contribution in [2.45, 2.75) is 45.6 Å². The molecular weight excluding hydrogens is 420 g/mol. The lowest BCUT2D eigenvalue weighted by atomic mass is 9.99. The minimum absolute atomic E-state index is 0.207. The van der Waals surface area contributed by atoms with Gasteiger partial charge in [-0.25, -0.2) is 4.98 Å². The van der Waals surface area contributed by atoms with E-state index in [1.807, 2.05) is 41.3 Å². The smallest absolute Gasteiger partial charge is 0.226 e. The lowest BCUT2D eigenvalue weighted by Gasteiger charge is -2.26. The maximum atomic E-state index is 12.5. The number of hydrogen-bond acceptors (Lipinski definition) is 3. The number of nitriles is 1. The molecule has 1 amide bonds. The third kappa shape index (κ3) is 4.20. The first-order valence-corrected chi connectivity index (χ1v) is 12.1. The summed E-state index contributed by atoms with van der Waals surface area (Å²) in [4.78, 5) is 19.3. The molecule has 4 aromatic rings. The molecule has 34 heavy (non-hydrogen) atoms. The Kier molecular flexibility index (Phi) is 6.14. The zero-order chi connectivity index (χ0) is 23.5. The standard InChI is InChI=1S/C29H28N4O/c1-2-7-28-31-26-16-15-24(32-17-6-5-10-29(32)34)18-27(26)33(28)20-21-11-13-22(14-12-21)25-9-4-3-8-23(25)19-30/h3-4,8-9,11-16,18H,2,5-7,10,17,20H2,1H3. The molecule has 5 nitrogen and oxygen atoms in total. The van der Waals surface area contributed by atoms with Crippen molar-refractivity contribution < 1.29 is 4.79 Å². The van der Waals surface area contributed by atoms with Crippen molar-refractivity contribution in [3.63, 3.8) is 0 Å². The summed E-state index contributed by atoms with van der Waals surface area (Å²) in [5.41, 5.74) is 6.85. The maximum Gasteiger partial charge on any atom is 0.226 e. The largest absolute Gasteiger partial charge is 0.323 e. The number of carbonyl (C=O) groups excluding carboxylic acids is 1. The van der Waals surface area contributed by atoms with Crippen LogP contribution in [-0.2, 0) is 17.8 Å². The predicted molar refractivity (Wildman–Crippen MR) is 136 cm³/mol. The number of aryl methyl sites for hydroxylation is 1. The molecular formula is C29H28N4O. The first-order valence-electron chi connectivity index (χ1n) is 12.1. The zero-order valence-corrected chi connectivity index (χ0v) is 19.5. The number of anilines is 1. The monoisotopic (exact) mass is 448 g/mol. The molecule has 1 aliphatic rings. The van der Waals surface area contributed by atoms with Crippen LogP contribution in [0.4, 0.5) is 5.69 Å². The van der Waals surface area contributed by atoms with Crippen LogP contribution in [0.3, 0.4) is 0 Å². The van der Waals surface area contributed by atoms with Crippen molar-refractivity contribution in [2.75, 3.05) is 11.4 Å². The topological polar surface area (TPSA) is 61.9 Å². The number of nitrogens with zero attached hydrogens (tertiary/aromatic N) is 4. The third-order valence-electron chi connectivity index (χ3n) is 6.57. The summed E-state index contributed by atoms with van der Waals surface area (Å²) < 4.78 is 2.29. The summed E-state index contributed by atoms with van der Waals surface area (Å²) in [6, 6.07) is 24.6. The number of imidazole rings is 1. The molecule has 0 saturated carbocycles. The van der Waals surface area contributed by atoms with Crippen LogP contribution in [0.15, 0.2) is 66.7 Å². The van der Waals surface area contributed by atoms with Gasteiger partial charge in [0.05, 0.1) is 22.7 Å². The summed E-state index contributed by atoms with van der Waals surface area (Å²) in [5.74, 6) is 1.28. The second-order valence-corrected chi connectivity index (χ2v) is 8.89. The Morgan fingerprint density at radius 3 is 2.62 bits per heavy atom. The first kappa shape index (κ1) is 21.9. The highest BCUT2D eigenvalue weighted by atomic mass is 16.2. The lowest BCUT2D eigenvalue weighted by Crippen LogP contribution is -2.35. The van der Waals surface area contributed by atoms with Crippen molar-refractivity contribution in [3.05, 3.63) is 83.7 Å². The molecule has 0 radical (unpaired) electrons. The fourth-order valence-corrected chi connectivity index (χ4v) is 4.80. The van der Waals surface area contributed by atoms with Crippen molar-refractivity contribution in [1.82, 2.24) is 9.55 Å². The van der Waals surface area contributed by atoms with Gasteiger partial charge in [-0.05, 0) is 60.2 Å². The fourth-order valence-electron chi connectivity index (χ4n) is 4.80.